The Morgan fingerprint density at radius 2 is 1.85 bits per heavy atom. The zero-order chi connectivity index (χ0) is 15.3. The molecule has 1 atom stereocenters. The van der Waals surface area contributed by atoms with Crippen LogP contribution in [-0.2, 0) is 16.0 Å². The summed E-state index contributed by atoms with van der Waals surface area (Å²) in [4.78, 5) is 11.9. The van der Waals surface area contributed by atoms with Crippen molar-refractivity contribution in [1.82, 2.24) is 0 Å². The highest BCUT2D eigenvalue weighted by Gasteiger charge is 2.27. The summed E-state index contributed by atoms with van der Waals surface area (Å²) in [6.07, 6.45) is 1.12. The van der Waals surface area contributed by atoms with Crippen LogP contribution in [0.1, 0.15) is 39.7 Å². The summed E-state index contributed by atoms with van der Waals surface area (Å²) in [5, 5.41) is 0. The third kappa shape index (κ3) is 5.70. The standard InChI is InChI=1S/C16H24FNO2/c1-11(2)9-14(18)15(19)20-16(3,4)10-12-5-7-13(17)8-6-12/h5-8,11,14H,9-10,18H2,1-4H3/t14-/m0/s1. The van der Waals surface area contributed by atoms with E-state index in [9.17, 15) is 9.18 Å². The first-order chi connectivity index (χ1) is 9.19. The number of hydrogen-bond donors (Lipinski definition) is 1. The van der Waals surface area contributed by atoms with Crippen molar-refractivity contribution < 1.29 is 13.9 Å². The summed E-state index contributed by atoms with van der Waals surface area (Å²) in [5.41, 5.74) is 6.07. The molecular weight excluding hydrogens is 257 g/mol. The molecule has 0 bridgehead atoms. The molecule has 0 amide bonds. The van der Waals surface area contributed by atoms with E-state index in [0.29, 0.717) is 18.8 Å². The molecule has 2 N–H and O–H groups in total. The highest BCUT2D eigenvalue weighted by molar-refractivity contribution is 5.75. The molecule has 0 aromatic heterocycles. The first-order valence-electron chi connectivity index (χ1n) is 6.92. The second kappa shape index (κ2) is 6.84. The van der Waals surface area contributed by atoms with Gasteiger partial charge >= 0.3 is 5.97 Å². The molecule has 4 heteroatoms. The number of benzene rings is 1. The number of esters is 1. The first kappa shape index (κ1) is 16.6. The van der Waals surface area contributed by atoms with Crippen molar-refractivity contribution >= 4 is 5.97 Å². The minimum atomic E-state index is -0.663. The Labute approximate surface area is 120 Å². The van der Waals surface area contributed by atoms with Crippen LogP contribution in [0.2, 0.25) is 0 Å². The summed E-state index contributed by atoms with van der Waals surface area (Å²) < 4.78 is 18.3. The van der Waals surface area contributed by atoms with Gasteiger partial charge in [0.05, 0.1) is 0 Å². The van der Waals surface area contributed by atoms with Gasteiger partial charge in [-0.2, -0.15) is 0 Å². The zero-order valence-electron chi connectivity index (χ0n) is 12.7. The smallest absolute Gasteiger partial charge is 0.323 e. The molecule has 0 aliphatic rings. The van der Waals surface area contributed by atoms with E-state index in [1.807, 2.05) is 27.7 Å². The van der Waals surface area contributed by atoms with E-state index >= 15 is 0 Å². The molecule has 3 nitrogen and oxygen atoms in total. The second-order valence-corrected chi connectivity index (χ2v) is 6.22. The number of halogens is 1. The lowest BCUT2D eigenvalue weighted by Gasteiger charge is -2.27. The van der Waals surface area contributed by atoms with E-state index in [1.54, 1.807) is 12.1 Å². The molecule has 0 radical (unpaired) electrons. The number of ether oxygens (including phenoxy) is 1. The maximum absolute atomic E-state index is 12.9. The van der Waals surface area contributed by atoms with Gasteiger partial charge in [-0.15, -0.1) is 0 Å². The third-order valence-electron chi connectivity index (χ3n) is 2.95. The Balaban J connectivity index is 2.60. The minimum absolute atomic E-state index is 0.275. The van der Waals surface area contributed by atoms with E-state index in [0.717, 1.165) is 5.56 Å². The Kier molecular flexibility index (Phi) is 5.69. The van der Waals surface area contributed by atoms with E-state index in [1.165, 1.54) is 12.1 Å². The van der Waals surface area contributed by atoms with Gasteiger partial charge < -0.3 is 10.5 Å². The van der Waals surface area contributed by atoms with Crippen LogP contribution < -0.4 is 5.73 Å². The summed E-state index contributed by atoms with van der Waals surface area (Å²) in [6, 6.07) is 5.59. The molecule has 0 aliphatic heterocycles. The highest BCUT2D eigenvalue weighted by atomic mass is 19.1. The third-order valence-corrected chi connectivity index (χ3v) is 2.95. The average Bonchev–Trinajstić information content (AvgIpc) is 2.30. The van der Waals surface area contributed by atoms with Crippen LogP contribution in [0.25, 0.3) is 0 Å². The predicted octanol–water partition coefficient (Wildman–Crippen LogP) is 3.06. The predicted molar refractivity (Wildman–Crippen MR) is 77.7 cm³/mol. The number of carbonyl (C=O) groups excluding carboxylic acids is 1. The fourth-order valence-corrected chi connectivity index (χ4v) is 2.08. The van der Waals surface area contributed by atoms with Crippen LogP contribution in [0, 0.1) is 11.7 Å². The molecule has 0 saturated carbocycles. The van der Waals surface area contributed by atoms with Crippen molar-refractivity contribution in [3.8, 4) is 0 Å². The van der Waals surface area contributed by atoms with Crippen LogP contribution in [0.15, 0.2) is 24.3 Å². The van der Waals surface area contributed by atoms with Crippen molar-refractivity contribution in [2.45, 2.75) is 52.2 Å². The lowest BCUT2D eigenvalue weighted by Crippen LogP contribution is -2.40. The van der Waals surface area contributed by atoms with Gasteiger partial charge in [-0.1, -0.05) is 26.0 Å². The topological polar surface area (TPSA) is 52.3 Å². The van der Waals surface area contributed by atoms with E-state index < -0.39 is 11.6 Å². The lowest BCUT2D eigenvalue weighted by molar-refractivity contribution is -0.158. The maximum Gasteiger partial charge on any atom is 0.323 e. The highest BCUT2D eigenvalue weighted by Crippen LogP contribution is 2.19. The minimum Gasteiger partial charge on any atom is -0.458 e. The first-order valence-corrected chi connectivity index (χ1v) is 6.92. The summed E-state index contributed by atoms with van der Waals surface area (Å²) in [5.74, 6) is -0.314. The van der Waals surface area contributed by atoms with Crippen LogP contribution in [0.5, 0.6) is 0 Å². The molecule has 0 unspecified atom stereocenters. The monoisotopic (exact) mass is 281 g/mol. The van der Waals surface area contributed by atoms with Crippen molar-refractivity contribution in [3.05, 3.63) is 35.6 Å². The number of nitrogens with two attached hydrogens (primary N) is 1. The molecule has 1 aromatic carbocycles. The molecule has 1 rings (SSSR count). The van der Waals surface area contributed by atoms with Gasteiger partial charge in [0.15, 0.2) is 0 Å². The van der Waals surface area contributed by atoms with Crippen molar-refractivity contribution in [3.63, 3.8) is 0 Å². The van der Waals surface area contributed by atoms with Gasteiger partial charge in [-0.3, -0.25) is 4.79 Å². The quantitative estimate of drug-likeness (QED) is 0.815. The molecule has 0 saturated heterocycles. The summed E-state index contributed by atoms with van der Waals surface area (Å²) >= 11 is 0. The molecule has 0 spiro atoms. The van der Waals surface area contributed by atoms with Crippen molar-refractivity contribution in [1.29, 1.82) is 0 Å². The van der Waals surface area contributed by atoms with E-state index in [-0.39, 0.29) is 11.8 Å². The molecule has 112 valence electrons. The molecule has 0 heterocycles. The maximum atomic E-state index is 12.9. The Morgan fingerprint density at radius 1 is 1.30 bits per heavy atom. The van der Waals surface area contributed by atoms with Gasteiger partial charge in [0.2, 0.25) is 0 Å². The van der Waals surface area contributed by atoms with Gasteiger partial charge in [0.1, 0.15) is 17.5 Å². The van der Waals surface area contributed by atoms with E-state index in [4.69, 9.17) is 10.5 Å². The Hall–Kier alpha value is -1.42. The molecule has 20 heavy (non-hydrogen) atoms. The Bertz CT molecular complexity index is 440. The van der Waals surface area contributed by atoms with Crippen LogP contribution in [0.4, 0.5) is 4.39 Å². The fraction of sp³-hybridized carbons (Fsp3) is 0.562. The molecule has 0 fully saturated rings. The number of carbonyl (C=O) groups is 1. The van der Waals surface area contributed by atoms with E-state index in [2.05, 4.69) is 0 Å². The molecule has 1 aromatic rings. The van der Waals surface area contributed by atoms with Crippen molar-refractivity contribution in [2.75, 3.05) is 0 Å². The van der Waals surface area contributed by atoms with Gasteiger partial charge in [0.25, 0.3) is 0 Å². The van der Waals surface area contributed by atoms with Crippen LogP contribution >= 0.6 is 0 Å². The molecule has 0 aliphatic carbocycles. The largest absolute Gasteiger partial charge is 0.458 e. The average molecular weight is 281 g/mol. The second-order valence-electron chi connectivity index (χ2n) is 6.22. The van der Waals surface area contributed by atoms with Crippen LogP contribution in [-0.4, -0.2) is 17.6 Å². The molecular formula is C16H24FNO2. The normalized spacial score (nSPS) is 13.3. The number of rotatable bonds is 6. The fourth-order valence-electron chi connectivity index (χ4n) is 2.08. The van der Waals surface area contributed by atoms with Crippen molar-refractivity contribution in [2.24, 2.45) is 11.7 Å². The van der Waals surface area contributed by atoms with Crippen LogP contribution in [0.3, 0.4) is 0 Å². The summed E-state index contributed by atoms with van der Waals surface area (Å²) in [6.45, 7) is 7.68. The van der Waals surface area contributed by atoms with Gasteiger partial charge in [0, 0.05) is 6.42 Å². The van der Waals surface area contributed by atoms with Gasteiger partial charge in [-0.25, -0.2) is 4.39 Å². The SMILES string of the molecule is CC(C)C[C@H](N)C(=O)OC(C)(C)Cc1ccc(F)cc1. The van der Waals surface area contributed by atoms with Gasteiger partial charge in [-0.05, 0) is 43.9 Å². The Morgan fingerprint density at radius 3 is 2.35 bits per heavy atom. The number of hydrogen-bond acceptors (Lipinski definition) is 3. The lowest BCUT2D eigenvalue weighted by atomic mass is 9.98. The summed E-state index contributed by atoms with van der Waals surface area (Å²) in [7, 11) is 0. The zero-order valence-corrected chi connectivity index (χ0v) is 12.7.